The van der Waals surface area contributed by atoms with Crippen LogP contribution >= 0.6 is 0 Å². The highest BCUT2D eigenvalue weighted by Crippen LogP contribution is 2.33. The zero-order chi connectivity index (χ0) is 23.8. The highest BCUT2D eigenvalue weighted by molar-refractivity contribution is 5.92. The minimum absolute atomic E-state index is 0.171. The van der Waals surface area contributed by atoms with Crippen molar-refractivity contribution in [1.82, 2.24) is 24.5 Å². The third-order valence-electron chi connectivity index (χ3n) is 6.67. The number of carbonyl (C=O) groups is 1. The molecule has 0 aromatic carbocycles. The first-order chi connectivity index (χ1) is 16.5. The fourth-order valence-electron chi connectivity index (χ4n) is 4.90. The standard InChI is InChI=1S/C24H27N7O3/c1-15-11-31-22(27-23(15)29-12-16(10-25)21(33)13-29)9-19(28-31)20-7-2-3-8-30(20)24(34)18-6-4-5-17(14-32)26-18/h4-6,9,11,16,20-21,32-33H,2-3,7-8,12-14H2,1H3/t16-,20+,21+/m1/s1. The van der Waals surface area contributed by atoms with E-state index in [0.29, 0.717) is 36.7 Å². The molecule has 5 heterocycles. The van der Waals surface area contributed by atoms with Crippen molar-refractivity contribution in [2.24, 2.45) is 5.92 Å². The van der Waals surface area contributed by atoms with Gasteiger partial charge >= 0.3 is 0 Å². The van der Waals surface area contributed by atoms with Crippen LogP contribution < -0.4 is 4.90 Å². The molecule has 10 heteroatoms. The van der Waals surface area contributed by atoms with Gasteiger partial charge in [-0.05, 0) is 38.3 Å². The van der Waals surface area contributed by atoms with Gasteiger partial charge in [-0.25, -0.2) is 14.5 Å². The Morgan fingerprint density at radius 3 is 2.88 bits per heavy atom. The van der Waals surface area contributed by atoms with Gasteiger partial charge in [0.2, 0.25) is 0 Å². The van der Waals surface area contributed by atoms with Crippen molar-refractivity contribution in [2.75, 3.05) is 24.5 Å². The molecule has 0 radical (unpaired) electrons. The second kappa shape index (κ2) is 9.00. The lowest BCUT2D eigenvalue weighted by molar-refractivity contribution is 0.0599. The van der Waals surface area contributed by atoms with Crippen molar-refractivity contribution in [2.45, 2.75) is 44.9 Å². The number of anilines is 1. The highest BCUT2D eigenvalue weighted by atomic mass is 16.3. The van der Waals surface area contributed by atoms with Crippen LogP contribution in [-0.2, 0) is 6.61 Å². The number of rotatable bonds is 4. The number of fused-ring (bicyclic) bond motifs is 1. The molecule has 0 unspecified atom stereocenters. The fraction of sp³-hybridized carbons (Fsp3) is 0.458. The van der Waals surface area contributed by atoms with Gasteiger partial charge in [-0.3, -0.25) is 4.79 Å². The van der Waals surface area contributed by atoms with Crippen LogP contribution in [0.4, 0.5) is 5.82 Å². The predicted octanol–water partition coefficient (Wildman–Crippen LogP) is 1.61. The quantitative estimate of drug-likeness (QED) is 0.599. The van der Waals surface area contributed by atoms with Gasteiger partial charge in [0, 0.05) is 37.5 Å². The average Bonchev–Trinajstić information content (AvgIpc) is 3.45. The maximum absolute atomic E-state index is 13.3. The summed E-state index contributed by atoms with van der Waals surface area (Å²) in [6.45, 7) is 3.14. The number of aryl methyl sites for hydroxylation is 1. The summed E-state index contributed by atoms with van der Waals surface area (Å²) in [5, 5.41) is 33.5. The number of pyridine rings is 1. The largest absolute Gasteiger partial charge is 0.390 e. The van der Waals surface area contributed by atoms with Crippen molar-refractivity contribution in [3.63, 3.8) is 0 Å². The molecule has 3 aromatic rings. The molecule has 176 valence electrons. The van der Waals surface area contributed by atoms with E-state index in [9.17, 15) is 20.3 Å². The third-order valence-corrected chi connectivity index (χ3v) is 6.67. The van der Waals surface area contributed by atoms with E-state index in [4.69, 9.17) is 10.1 Å². The van der Waals surface area contributed by atoms with Crippen LogP contribution in [0.25, 0.3) is 5.65 Å². The number of aromatic nitrogens is 4. The van der Waals surface area contributed by atoms with Gasteiger partial charge in [0.1, 0.15) is 11.5 Å². The van der Waals surface area contributed by atoms with Crippen molar-refractivity contribution >= 4 is 17.4 Å². The van der Waals surface area contributed by atoms with Crippen LogP contribution in [0.15, 0.2) is 30.5 Å². The van der Waals surface area contributed by atoms with E-state index < -0.39 is 12.0 Å². The number of nitrogens with zero attached hydrogens (tertiary/aromatic N) is 7. The van der Waals surface area contributed by atoms with Crippen molar-refractivity contribution in [1.29, 1.82) is 5.26 Å². The van der Waals surface area contributed by atoms with Gasteiger partial charge in [-0.2, -0.15) is 10.4 Å². The lowest BCUT2D eigenvalue weighted by Gasteiger charge is -2.34. The van der Waals surface area contributed by atoms with E-state index in [2.05, 4.69) is 11.1 Å². The second-order valence-electron chi connectivity index (χ2n) is 9.01. The summed E-state index contributed by atoms with van der Waals surface area (Å²) in [6, 6.07) is 8.97. The maximum atomic E-state index is 13.3. The zero-order valence-electron chi connectivity index (χ0n) is 19.0. The Morgan fingerprint density at radius 2 is 2.12 bits per heavy atom. The minimum atomic E-state index is -0.692. The second-order valence-corrected chi connectivity index (χ2v) is 9.01. The maximum Gasteiger partial charge on any atom is 0.273 e. The number of nitriles is 1. The van der Waals surface area contributed by atoms with Crippen LogP contribution in [0, 0.1) is 24.2 Å². The molecule has 34 heavy (non-hydrogen) atoms. The van der Waals surface area contributed by atoms with E-state index in [-0.39, 0.29) is 18.6 Å². The molecule has 0 saturated carbocycles. The Bertz CT molecular complexity index is 1270. The van der Waals surface area contributed by atoms with Crippen LogP contribution in [-0.4, -0.2) is 66.3 Å². The van der Waals surface area contributed by atoms with Crippen molar-refractivity contribution in [3.05, 3.63) is 53.1 Å². The molecule has 0 bridgehead atoms. The first-order valence-corrected chi connectivity index (χ1v) is 11.6. The highest BCUT2D eigenvalue weighted by Gasteiger charge is 2.34. The van der Waals surface area contributed by atoms with Crippen LogP contribution in [0.2, 0.25) is 0 Å². The van der Waals surface area contributed by atoms with E-state index in [1.54, 1.807) is 22.7 Å². The number of hydrogen-bond acceptors (Lipinski definition) is 8. The molecule has 3 aromatic heterocycles. The summed E-state index contributed by atoms with van der Waals surface area (Å²) < 4.78 is 1.73. The summed E-state index contributed by atoms with van der Waals surface area (Å²) in [4.78, 5) is 26.2. The van der Waals surface area contributed by atoms with E-state index in [1.807, 2.05) is 29.0 Å². The van der Waals surface area contributed by atoms with Crippen LogP contribution in [0.1, 0.15) is 52.7 Å². The third kappa shape index (κ3) is 3.97. The van der Waals surface area contributed by atoms with E-state index in [0.717, 1.165) is 36.3 Å². The molecular formula is C24H27N7O3. The van der Waals surface area contributed by atoms with E-state index in [1.165, 1.54) is 0 Å². The molecule has 0 spiro atoms. The Kier molecular flexibility index (Phi) is 5.89. The fourth-order valence-corrected chi connectivity index (χ4v) is 4.90. The molecule has 3 atom stereocenters. The number of β-amino-alcohol motifs (C(OH)–C–C–N with tert-alkyl or cyclic N) is 1. The molecule has 1 amide bonds. The Hall–Kier alpha value is -3.55. The number of amides is 1. The summed E-state index contributed by atoms with van der Waals surface area (Å²) in [5.74, 6) is 0.130. The molecule has 2 saturated heterocycles. The Labute approximate surface area is 197 Å². The number of aliphatic hydroxyl groups is 2. The number of carbonyl (C=O) groups excluding carboxylic acids is 1. The summed E-state index contributed by atoms with van der Waals surface area (Å²) >= 11 is 0. The average molecular weight is 462 g/mol. The van der Waals surface area contributed by atoms with Gasteiger partial charge in [-0.15, -0.1) is 0 Å². The lowest BCUT2D eigenvalue weighted by atomic mass is 9.99. The van der Waals surface area contributed by atoms with Crippen LogP contribution in [0.3, 0.4) is 0 Å². The van der Waals surface area contributed by atoms with Gasteiger partial charge < -0.3 is 20.0 Å². The molecule has 2 aliphatic heterocycles. The monoisotopic (exact) mass is 461 g/mol. The number of likely N-dealkylation sites (tertiary alicyclic amines) is 1. The minimum Gasteiger partial charge on any atom is -0.390 e. The number of aliphatic hydroxyl groups excluding tert-OH is 2. The van der Waals surface area contributed by atoms with Gasteiger partial charge in [0.15, 0.2) is 5.65 Å². The van der Waals surface area contributed by atoms with Crippen molar-refractivity contribution in [3.8, 4) is 6.07 Å². The Morgan fingerprint density at radius 1 is 1.26 bits per heavy atom. The van der Waals surface area contributed by atoms with Gasteiger partial charge in [0.25, 0.3) is 5.91 Å². The summed E-state index contributed by atoms with van der Waals surface area (Å²) in [6.07, 6.45) is 3.90. The topological polar surface area (TPSA) is 131 Å². The van der Waals surface area contributed by atoms with E-state index >= 15 is 0 Å². The summed E-state index contributed by atoms with van der Waals surface area (Å²) in [5.41, 5.74) is 3.10. The van der Waals surface area contributed by atoms with Crippen molar-refractivity contribution < 1.29 is 15.0 Å². The molecule has 2 N–H and O–H groups in total. The zero-order valence-corrected chi connectivity index (χ0v) is 19.0. The lowest BCUT2D eigenvalue weighted by Crippen LogP contribution is -2.39. The Balaban J connectivity index is 1.45. The number of hydrogen-bond donors (Lipinski definition) is 2. The first kappa shape index (κ1) is 22.3. The summed E-state index contributed by atoms with van der Waals surface area (Å²) in [7, 11) is 0. The van der Waals surface area contributed by atoms with Crippen LogP contribution in [0.5, 0.6) is 0 Å². The molecular weight excluding hydrogens is 434 g/mol. The normalized spacial score (nSPS) is 22.8. The van der Waals surface area contributed by atoms with Gasteiger partial charge in [0.05, 0.1) is 42.1 Å². The van der Waals surface area contributed by atoms with Gasteiger partial charge in [-0.1, -0.05) is 6.07 Å². The molecule has 2 aliphatic rings. The first-order valence-electron chi connectivity index (χ1n) is 11.6. The SMILES string of the molecule is Cc1cn2nc([C@@H]3CCCCN3C(=O)c3cccc(CO)n3)cc2nc1N1C[C@@H](C#N)[C@@H](O)C1. The molecule has 10 nitrogen and oxygen atoms in total. The smallest absolute Gasteiger partial charge is 0.273 e. The number of piperidine rings is 1. The molecule has 2 fully saturated rings. The molecule has 5 rings (SSSR count). The predicted molar refractivity (Wildman–Crippen MR) is 123 cm³/mol. The molecule has 0 aliphatic carbocycles.